The minimum absolute atomic E-state index is 0.200. The van der Waals surface area contributed by atoms with Crippen LogP contribution in [-0.4, -0.2) is 16.0 Å². The molecule has 1 aromatic heterocycles. The van der Waals surface area contributed by atoms with Crippen molar-refractivity contribution in [3.05, 3.63) is 75.4 Å². The second-order valence-electron chi connectivity index (χ2n) is 6.18. The summed E-state index contributed by atoms with van der Waals surface area (Å²) in [5, 5.41) is 11.6. The van der Waals surface area contributed by atoms with Gasteiger partial charge in [-0.25, -0.2) is 9.98 Å². The molecule has 0 unspecified atom stereocenters. The van der Waals surface area contributed by atoms with Crippen molar-refractivity contribution in [3.8, 4) is 17.4 Å². The maximum absolute atomic E-state index is 12.4. The van der Waals surface area contributed by atoms with Crippen molar-refractivity contribution in [3.63, 3.8) is 0 Å². The van der Waals surface area contributed by atoms with Gasteiger partial charge in [-0.15, -0.1) is 0 Å². The molecule has 5 nitrogen and oxygen atoms in total. The number of hydrogen-bond donors (Lipinski definition) is 1. The van der Waals surface area contributed by atoms with Crippen LogP contribution in [0, 0.1) is 13.8 Å². The van der Waals surface area contributed by atoms with E-state index in [2.05, 4.69) is 9.98 Å². The van der Waals surface area contributed by atoms with Crippen molar-refractivity contribution < 1.29 is 14.3 Å². The Morgan fingerprint density at radius 2 is 1.85 bits per heavy atom. The summed E-state index contributed by atoms with van der Waals surface area (Å²) in [7, 11) is 0. The lowest BCUT2D eigenvalue weighted by Gasteiger charge is -2.06. The molecule has 0 bridgehead atoms. The van der Waals surface area contributed by atoms with Crippen molar-refractivity contribution in [2.45, 2.75) is 13.8 Å². The maximum atomic E-state index is 12.4. The largest absolute Gasteiger partial charge is 0.479 e. The zero-order chi connectivity index (χ0) is 18.3. The average Bonchev–Trinajstić information content (AvgIpc) is 3.01. The van der Waals surface area contributed by atoms with Gasteiger partial charge in [0.05, 0.1) is 5.36 Å². The Morgan fingerprint density at radius 3 is 2.62 bits per heavy atom. The van der Waals surface area contributed by atoms with E-state index in [0.29, 0.717) is 16.8 Å². The summed E-state index contributed by atoms with van der Waals surface area (Å²) in [5.41, 5.74) is 3.37. The smallest absolute Gasteiger partial charge is 0.310 e. The minimum atomic E-state index is -0.366. The number of fused-ring (bicyclic) bond motifs is 1. The molecule has 0 radical (unpaired) electrons. The first-order chi connectivity index (χ1) is 12.5. The highest BCUT2D eigenvalue weighted by atomic mass is 16.5. The molecule has 1 N–H and O–H groups in total. The van der Waals surface area contributed by atoms with Crippen LogP contribution in [0.4, 0.5) is 0 Å². The molecule has 1 amide bonds. The van der Waals surface area contributed by atoms with Gasteiger partial charge in [0.15, 0.2) is 0 Å². The number of rotatable bonds is 2. The van der Waals surface area contributed by atoms with Crippen molar-refractivity contribution in [2.24, 2.45) is 4.99 Å². The highest BCUT2D eigenvalue weighted by Crippen LogP contribution is 2.28. The maximum Gasteiger partial charge on any atom is 0.310 e. The average molecular weight is 344 g/mol. The molecule has 0 spiro atoms. The lowest BCUT2D eigenvalue weighted by molar-refractivity contribution is -0.114. The van der Waals surface area contributed by atoms with E-state index in [1.165, 1.54) is 6.08 Å². The third kappa shape index (κ3) is 2.73. The predicted octanol–water partition coefficient (Wildman–Crippen LogP) is 2.69. The van der Waals surface area contributed by atoms with Gasteiger partial charge in [0, 0.05) is 16.4 Å². The van der Waals surface area contributed by atoms with Crippen LogP contribution in [0.3, 0.4) is 0 Å². The minimum Gasteiger partial charge on any atom is -0.479 e. The number of aromatic nitrogens is 1. The van der Waals surface area contributed by atoms with Gasteiger partial charge in [-0.3, -0.25) is 4.79 Å². The fourth-order valence-corrected chi connectivity index (χ4v) is 2.86. The topological polar surface area (TPSA) is 75.7 Å². The van der Waals surface area contributed by atoms with Crippen molar-refractivity contribution in [1.29, 1.82) is 0 Å². The van der Waals surface area contributed by atoms with Crippen molar-refractivity contribution >= 4 is 18.1 Å². The predicted molar refractivity (Wildman–Crippen MR) is 97.7 cm³/mol. The summed E-state index contributed by atoms with van der Waals surface area (Å²) in [5.74, 6) is -0.402. The van der Waals surface area contributed by atoms with Gasteiger partial charge in [0.2, 0.25) is 5.89 Å². The summed E-state index contributed by atoms with van der Waals surface area (Å²) in [6.07, 6.45) is 3.25. The van der Waals surface area contributed by atoms with E-state index >= 15 is 0 Å². The molecule has 0 fully saturated rings. The Balaban J connectivity index is 1.80. The van der Waals surface area contributed by atoms with E-state index in [1.54, 1.807) is 6.08 Å². The lowest BCUT2D eigenvalue weighted by atomic mass is 10.0. The van der Waals surface area contributed by atoms with Crippen LogP contribution in [0.1, 0.15) is 16.8 Å². The number of aromatic hydroxyl groups is 1. The van der Waals surface area contributed by atoms with Gasteiger partial charge >= 0.3 is 5.95 Å². The van der Waals surface area contributed by atoms with Gasteiger partial charge in [0.25, 0.3) is 5.91 Å². The number of oxazole rings is 1. The summed E-state index contributed by atoms with van der Waals surface area (Å²) in [6, 6.07) is 13.2. The van der Waals surface area contributed by atoms with Crippen molar-refractivity contribution in [2.75, 3.05) is 0 Å². The van der Waals surface area contributed by atoms with Gasteiger partial charge < -0.3 is 9.52 Å². The second-order valence-corrected chi connectivity index (χ2v) is 6.18. The molecule has 128 valence electrons. The molecule has 0 saturated heterocycles. The number of hydrogen-bond acceptors (Lipinski definition) is 4. The number of amides is 1. The Hall–Kier alpha value is -3.47. The molecule has 4 rings (SSSR count). The van der Waals surface area contributed by atoms with E-state index in [0.717, 1.165) is 21.9 Å². The van der Waals surface area contributed by atoms with E-state index in [9.17, 15) is 9.90 Å². The van der Waals surface area contributed by atoms with E-state index in [1.807, 2.05) is 56.3 Å². The highest BCUT2D eigenvalue weighted by Gasteiger charge is 2.17. The first-order valence-electron chi connectivity index (χ1n) is 8.21. The monoisotopic (exact) mass is 344 g/mol. The van der Waals surface area contributed by atoms with E-state index < -0.39 is 0 Å². The van der Waals surface area contributed by atoms with Gasteiger partial charge in [0.1, 0.15) is 5.69 Å². The summed E-state index contributed by atoms with van der Waals surface area (Å²) >= 11 is 0. The molecule has 0 atom stereocenters. The third-order valence-electron chi connectivity index (χ3n) is 4.45. The van der Waals surface area contributed by atoms with Crippen LogP contribution >= 0.6 is 0 Å². The number of aryl methyl sites for hydroxylation is 1. The number of nitrogens with zero attached hydrogens (tertiary/aromatic N) is 2. The Morgan fingerprint density at radius 1 is 1.08 bits per heavy atom. The fourth-order valence-electron chi connectivity index (χ4n) is 2.86. The Labute approximate surface area is 149 Å². The fraction of sp³-hybridized carbons (Fsp3) is 0.0952. The summed E-state index contributed by atoms with van der Waals surface area (Å²) < 4.78 is 5.33. The molecule has 0 aliphatic carbocycles. The van der Waals surface area contributed by atoms with Crippen LogP contribution in [0.25, 0.3) is 23.6 Å². The normalized spacial score (nSPS) is 14.7. The van der Waals surface area contributed by atoms with Crippen LogP contribution < -0.4 is 10.6 Å². The van der Waals surface area contributed by atoms with Crippen molar-refractivity contribution in [1.82, 2.24) is 4.98 Å². The van der Waals surface area contributed by atoms with Gasteiger partial charge in [-0.2, -0.15) is 0 Å². The Bertz CT molecular complexity index is 1170. The molecule has 2 heterocycles. The first-order valence-corrected chi connectivity index (χ1v) is 8.21. The molecule has 2 aromatic carbocycles. The highest BCUT2D eigenvalue weighted by molar-refractivity contribution is 6.07. The quantitative estimate of drug-likeness (QED) is 0.725. The molecule has 1 aliphatic rings. The first kappa shape index (κ1) is 16.0. The molecule has 5 heteroatoms. The Kier molecular flexibility index (Phi) is 3.77. The standard InChI is InChI=1S/C21H16N2O3/c1-12-8-9-15-10-16(19(24)23-18(15)13(12)2)11-17-21(25)26-20(22-17)14-6-4-3-5-7-14/h3-11,25H,1-2H3/b16-11-. The zero-order valence-electron chi connectivity index (χ0n) is 14.4. The summed E-state index contributed by atoms with van der Waals surface area (Å²) in [6.45, 7) is 3.93. The van der Waals surface area contributed by atoms with Gasteiger partial charge in [-0.05, 0) is 49.3 Å². The molecular formula is C21H16N2O3. The molecule has 3 aromatic rings. The number of carbonyl (C=O) groups excluding carboxylic acids is 1. The van der Waals surface area contributed by atoms with Crippen LogP contribution in [0.2, 0.25) is 0 Å². The van der Waals surface area contributed by atoms with Crippen LogP contribution in [0.15, 0.2) is 57.4 Å². The van der Waals surface area contributed by atoms with Crippen LogP contribution in [-0.2, 0) is 4.79 Å². The van der Waals surface area contributed by atoms with E-state index in [4.69, 9.17) is 4.42 Å². The summed E-state index contributed by atoms with van der Waals surface area (Å²) in [4.78, 5) is 20.9. The van der Waals surface area contributed by atoms with E-state index in [-0.39, 0.29) is 17.5 Å². The third-order valence-corrected chi connectivity index (χ3v) is 4.45. The van der Waals surface area contributed by atoms with Gasteiger partial charge in [-0.1, -0.05) is 30.3 Å². The molecular weight excluding hydrogens is 328 g/mol. The SMILES string of the molecule is Cc1ccc2c(c1C)=NC(=O)/C(=C\c1nc(-c3ccccc3)oc1O)C=2. The lowest BCUT2D eigenvalue weighted by Crippen LogP contribution is -2.33. The second kappa shape index (κ2) is 6.11. The molecule has 26 heavy (non-hydrogen) atoms. The molecule has 0 saturated carbocycles. The molecule has 1 aliphatic heterocycles. The zero-order valence-corrected chi connectivity index (χ0v) is 14.4. The number of benzene rings is 2. The van der Waals surface area contributed by atoms with Crippen LogP contribution in [0.5, 0.6) is 5.95 Å². The number of carbonyl (C=O) groups is 1.